The summed E-state index contributed by atoms with van der Waals surface area (Å²) in [6.45, 7) is 2.82. The lowest BCUT2D eigenvalue weighted by atomic mass is 10.3. The fraction of sp³-hybridized carbons (Fsp3) is 0.636. The second kappa shape index (κ2) is 9.22. The van der Waals surface area contributed by atoms with E-state index < -0.39 is 0 Å². The van der Waals surface area contributed by atoms with E-state index in [1.807, 2.05) is 0 Å². The third-order valence-electron chi connectivity index (χ3n) is 1.66. The van der Waals surface area contributed by atoms with Crippen molar-refractivity contribution in [1.82, 2.24) is 5.32 Å². The van der Waals surface area contributed by atoms with Gasteiger partial charge in [-0.1, -0.05) is 0 Å². The van der Waals surface area contributed by atoms with Crippen molar-refractivity contribution in [3.63, 3.8) is 0 Å². The average molecular weight is 211 g/mol. The van der Waals surface area contributed by atoms with Crippen LogP contribution in [0.2, 0.25) is 0 Å². The Hall–Kier alpha value is -1.34. The summed E-state index contributed by atoms with van der Waals surface area (Å²) in [6, 6.07) is 0. The summed E-state index contributed by atoms with van der Waals surface area (Å²) in [6.07, 6.45) is 6.24. The Morgan fingerprint density at radius 2 is 2.07 bits per heavy atom. The quantitative estimate of drug-likeness (QED) is 0.470. The molecule has 0 spiro atoms. The lowest BCUT2D eigenvalue weighted by molar-refractivity contribution is -0.121. The van der Waals surface area contributed by atoms with E-state index in [0.717, 1.165) is 0 Å². The fourth-order valence-corrected chi connectivity index (χ4v) is 0.855. The minimum atomic E-state index is -0.0666. The highest BCUT2D eigenvalue weighted by atomic mass is 16.5. The van der Waals surface area contributed by atoms with Crippen LogP contribution in [0.5, 0.6) is 0 Å². The smallest absolute Gasteiger partial charge is 0.221 e. The van der Waals surface area contributed by atoms with E-state index in [-0.39, 0.29) is 11.7 Å². The number of rotatable bonds is 8. The molecule has 0 unspecified atom stereocenters. The van der Waals surface area contributed by atoms with E-state index in [0.29, 0.717) is 39.0 Å². The first kappa shape index (κ1) is 13.7. The molecule has 0 aromatic carbocycles. The number of carbonyl (C=O) groups is 2. The van der Waals surface area contributed by atoms with Gasteiger partial charge in [-0.25, -0.2) is 0 Å². The predicted molar refractivity (Wildman–Crippen MR) is 57.2 cm³/mol. The second-order valence-electron chi connectivity index (χ2n) is 3.12. The normalized spacial score (nSPS) is 9.33. The first-order valence-corrected chi connectivity index (χ1v) is 4.94. The van der Waals surface area contributed by atoms with E-state index in [2.05, 4.69) is 11.2 Å². The number of hydrogen-bond donors (Lipinski definition) is 1. The number of hydrogen-bond acceptors (Lipinski definition) is 3. The van der Waals surface area contributed by atoms with Gasteiger partial charge in [0, 0.05) is 25.8 Å². The maximum absolute atomic E-state index is 11.0. The van der Waals surface area contributed by atoms with E-state index in [9.17, 15) is 9.59 Å². The van der Waals surface area contributed by atoms with Crippen molar-refractivity contribution in [1.29, 1.82) is 0 Å². The van der Waals surface area contributed by atoms with Crippen LogP contribution in [0.3, 0.4) is 0 Å². The summed E-state index contributed by atoms with van der Waals surface area (Å²) >= 11 is 0. The van der Waals surface area contributed by atoms with Crippen LogP contribution >= 0.6 is 0 Å². The topological polar surface area (TPSA) is 55.4 Å². The second-order valence-corrected chi connectivity index (χ2v) is 3.12. The Labute approximate surface area is 90.4 Å². The lowest BCUT2D eigenvalue weighted by Crippen LogP contribution is -2.27. The molecule has 0 saturated heterocycles. The molecule has 0 radical (unpaired) electrons. The predicted octanol–water partition coefficient (Wildman–Crippen LogP) is 0.512. The van der Waals surface area contributed by atoms with Gasteiger partial charge in [0.25, 0.3) is 0 Å². The first-order valence-electron chi connectivity index (χ1n) is 4.94. The summed E-state index contributed by atoms with van der Waals surface area (Å²) in [5.41, 5.74) is 0. The molecular weight excluding hydrogens is 194 g/mol. The van der Waals surface area contributed by atoms with Crippen LogP contribution in [0.25, 0.3) is 0 Å². The number of nitrogens with one attached hydrogen (secondary N) is 1. The third-order valence-corrected chi connectivity index (χ3v) is 1.66. The van der Waals surface area contributed by atoms with Crippen LogP contribution in [-0.4, -0.2) is 31.4 Å². The zero-order valence-electron chi connectivity index (χ0n) is 9.04. The van der Waals surface area contributed by atoms with Gasteiger partial charge in [-0.15, -0.1) is 12.3 Å². The van der Waals surface area contributed by atoms with Crippen LogP contribution in [0, 0.1) is 12.3 Å². The van der Waals surface area contributed by atoms with Gasteiger partial charge >= 0.3 is 0 Å². The highest BCUT2D eigenvalue weighted by Crippen LogP contribution is 1.86. The number of carbonyl (C=O) groups excluding carboxylic acids is 2. The summed E-state index contributed by atoms with van der Waals surface area (Å²) in [5.74, 6) is 2.43. The molecule has 0 bridgehead atoms. The molecule has 1 amide bonds. The van der Waals surface area contributed by atoms with Gasteiger partial charge in [0.2, 0.25) is 5.91 Å². The number of terminal acetylenes is 1. The van der Waals surface area contributed by atoms with Gasteiger partial charge in [-0.3, -0.25) is 9.59 Å². The standard InChI is InChI=1S/C11H17NO3/c1-3-4-5-11(14)12-7-9-15-8-6-10(2)13/h1H,4-9H2,2H3,(H,12,14). The summed E-state index contributed by atoms with van der Waals surface area (Å²) in [5, 5.41) is 2.66. The number of ketones is 1. The van der Waals surface area contributed by atoms with Crippen molar-refractivity contribution >= 4 is 11.7 Å². The van der Waals surface area contributed by atoms with Crippen molar-refractivity contribution in [2.45, 2.75) is 26.2 Å². The number of amides is 1. The van der Waals surface area contributed by atoms with Gasteiger partial charge in [0.05, 0.1) is 13.2 Å². The summed E-state index contributed by atoms with van der Waals surface area (Å²) in [7, 11) is 0. The Morgan fingerprint density at radius 3 is 2.67 bits per heavy atom. The van der Waals surface area contributed by atoms with Crippen LogP contribution in [0.15, 0.2) is 0 Å². The van der Waals surface area contributed by atoms with Crippen molar-refractivity contribution in [2.24, 2.45) is 0 Å². The first-order chi connectivity index (χ1) is 7.16. The van der Waals surface area contributed by atoms with Crippen molar-refractivity contribution < 1.29 is 14.3 Å². The Kier molecular flexibility index (Phi) is 8.40. The summed E-state index contributed by atoms with van der Waals surface area (Å²) < 4.78 is 5.12. The highest BCUT2D eigenvalue weighted by molar-refractivity contribution is 5.76. The molecule has 0 aliphatic heterocycles. The monoisotopic (exact) mass is 211 g/mol. The molecule has 0 aliphatic carbocycles. The van der Waals surface area contributed by atoms with E-state index in [4.69, 9.17) is 11.2 Å². The minimum absolute atomic E-state index is 0.0666. The molecule has 0 fully saturated rings. The van der Waals surface area contributed by atoms with Crippen LogP contribution < -0.4 is 5.32 Å². The Balaban J connectivity index is 3.20. The maximum Gasteiger partial charge on any atom is 0.221 e. The van der Waals surface area contributed by atoms with Crippen LogP contribution in [0.1, 0.15) is 26.2 Å². The molecule has 0 atom stereocenters. The largest absolute Gasteiger partial charge is 0.379 e. The van der Waals surface area contributed by atoms with Crippen LogP contribution in [-0.2, 0) is 14.3 Å². The molecule has 0 rings (SSSR count). The molecular formula is C11H17NO3. The van der Waals surface area contributed by atoms with Crippen molar-refractivity contribution in [3.05, 3.63) is 0 Å². The van der Waals surface area contributed by atoms with Gasteiger partial charge in [0.1, 0.15) is 5.78 Å². The molecule has 84 valence electrons. The molecule has 0 heterocycles. The number of ether oxygens (including phenoxy) is 1. The molecule has 15 heavy (non-hydrogen) atoms. The van der Waals surface area contributed by atoms with E-state index >= 15 is 0 Å². The molecule has 0 aliphatic rings. The van der Waals surface area contributed by atoms with Gasteiger partial charge < -0.3 is 10.1 Å². The van der Waals surface area contributed by atoms with Gasteiger partial charge in [0.15, 0.2) is 0 Å². The van der Waals surface area contributed by atoms with Crippen LogP contribution in [0.4, 0.5) is 0 Å². The van der Waals surface area contributed by atoms with Gasteiger partial charge in [-0.2, -0.15) is 0 Å². The van der Waals surface area contributed by atoms with Crippen molar-refractivity contribution in [2.75, 3.05) is 19.8 Å². The third kappa shape index (κ3) is 10.6. The SMILES string of the molecule is C#CCCC(=O)NCCOCCC(C)=O. The highest BCUT2D eigenvalue weighted by Gasteiger charge is 1.98. The van der Waals surface area contributed by atoms with Gasteiger partial charge in [-0.05, 0) is 6.92 Å². The average Bonchev–Trinajstić information content (AvgIpc) is 2.19. The maximum atomic E-state index is 11.0. The Morgan fingerprint density at radius 1 is 1.33 bits per heavy atom. The van der Waals surface area contributed by atoms with Crippen molar-refractivity contribution in [3.8, 4) is 12.3 Å². The lowest BCUT2D eigenvalue weighted by Gasteiger charge is -2.04. The number of Topliss-reactive ketones (excluding diaryl/α,β-unsaturated/α-hetero) is 1. The summed E-state index contributed by atoms with van der Waals surface area (Å²) in [4.78, 5) is 21.6. The Bertz CT molecular complexity index is 243. The molecule has 4 nitrogen and oxygen atoms in total. The molecule has 0 saturated carbocycles. The minimum Gasteiger partial charge on any atom is -0.379 e. The molecule has 1 N–H and O–H groups in total. The fourth-order valence-electron chi connectivity index (χ4n) is 0.855. The zero-order chi connectivity index (χ0) is 11.5. The molecule has 4 heteroatoms. The molecule has 0 aromatic rings. The molecule has 0 aromatic heterocycles. The zero-order valence-corrected chi connectivity index (χ0v) is 9.04. The van der Waals surface area contributed by atoms with E-state index in [1.165, 1.54) is 6.92 Å². The van der Waals surface area contributed by atoms with E-state index in [1.54, 1.807) is 0 Å².